The van der Waals surface area contributed by atoms with Crippen LogP contribution in [-0.2, 0) is 16.6 Å². The molecule has 2 aromatic carbocycles. The molecule has 1 atom stereocenters. The van der Waals surface area contributed by atoms with E-state index in [0.29, 0.717) is 6.42 Å². The monoisotopic (exact) mass is 304 g/mol. The van der Waals surface area contributed by atoms with Gasteiger partial charge in [-0.05, 0) is 17.5 Å². The van der Waals surface area contributed by atoms with Crippen LogP contribution < -0.4 is 0 Å². The maximum absolute atomic E-state index is 12.2. The van der Waals surface area contributed by atoms with Crippen molar-refractivity contribution in [2.24, 2.45) is 0 Å². The average Bonchev–Trinajstić information content (AvgIpc) is 2.59. The predicted molar refractivity (Wildman–Crippen MR) is 94.4 cm³/mol. The summed E-state index contributed by atoms with van der Waals surface area (Å²) in [6.45, 7) is 3.62. The Morgan fingerprint density at radius 2 is 1.57 bits per heavy atom. The molecule has 2 nitrogen and oxygen atoms in total. The summed E-state index contributed by atoms with van der Waals surface area (Å²) in [5.41, 5.74) is 0.643. The van der Waals surface area contributed by atoms with E-state index < -0.39 is 11.4 Å². The van der Waals surface area contributed by atoms with Crippen LogP contribution in [0.3, 0.4) is 0 Å². The highest BCUT2D eigenvalue weighted by atomic mass is 16.4. The fraction of sp³-hybridized carbons (Fsp3) is 0.0952. The Hall–Kier alpha value is -2.87. The lowest BCUT2D eigenvalue weighted by Crippen LogP contribution is -2.36. The third-order valence-corrected chi connectivity index (χ3v) is 3.74. The third-order valence-electron chi connectivity index (χ3n) is 3.74. The quantitative estimate of drug-likeness (QED) is 0.762. The summed E-state index contributed by atoms with van der Waals surface area (Å²) in [7, 11) is 0. The Bertz CT molecular complexity index is 699. The van der Waals surface area contributed by atoms with Crippen molar-refractivity contribution in [3.63, 3.8) is 0 Å². The van der Waals surface area contributed by atoms with Crippen molar-refractivity contribution < 1.29 is 9.90 Å². The lowest BCUT2D eigenvalue weighted by Gasteiger charge is -2.27. The first-order valence-corrected chi connectivity index (χ1v) is 7.49. The molecule has 0 saturated carbocycles. The smallest absolute Gasteiger partial charge is 0.318 e. The molecule has 0 amide bonds. The number of hydrogen-bond donors (Lipinski definition) is 1. The van der Waals surface area contributed by atoms with Crippen LogP contribution >= 0.6 is 0 Å². The molecule has 0 aromatic heterocycles. The van der Waals surface area contributed by atoms with E-state index in [0.717, 1.165) is 11.1 Å². The Labute approximate surface area is 137 Å². The summed E-state index contributed by atoms with van der Waals surface area (Å²) in [5, 5.41) is 10.00. The normalized spacial score (nSPS) is 13.9. The number of carboxylic acids is 1. The number of hydrogen-bond acceptors (Lipinski definition) is 1. The summed E-state index contributed by atoms with van der Waals surface area (Å²) >= 11 is 0. The molecule has 0 aliphatic rings. The van der Waals surface area contributed by atoms with E-state index >= 15 is 0 Å². The molecule has 0 fully saturated rings. The molecule has 2 heteroatoms. The molecule has 2 aromatic rings. The molecule has 116 valence electrons. The first-order valence-electron chi connectivity index (χ1n) is 7.49. The molecule has 0 bridgehead atoms. The Balaban J connectivity index is 2.50. The SMILES string of the molecule is C=C/C=C/C=C/C(Cc1ccccc1)(C(=O)O)c1ccccc1. The number of rotatable bonds is 7. The molecule has 23 heavy (non-hydrogen) atoms. The lowest BCUT2D eigenvalue weighted by molar-refractivity contribution is -0.141. The highest BCUT2D eigenvalue weighted by molar-refractivity contribution is 5.84. The van der Waals surface area contributed by atoms with Gasteiger partial charge in [-0.2, -0.15) is 0 Å². The second-order valence-electron chi connectivity index (χ2n) is 5.28. The molecule has 0 aliphatic carbocycles. The van der Waals surface area contributed by atoms with Crippen molar-refractivity contribution in [1.29, 1.82) is 0 Å². The van der Waals surface area contributed by atoms with Crippen molar-refractivity contribution in [1.82, 2.24) is 0 Å². The molecular formula is C21H20O2. The molecule has 2 rings (SSSR count). The topological polar surface area (TPSA) is 37.3 Å². The third kappa shape index (κ3) is 4.07. The van der Waals surface area contributed by atoms with Gasteiger partial charge >= 0.3 is 5.97 Å². The standard InChI is InChI=1S/C21H20O2/c1-2-3-4-11-16-21(20(22)23,19-14-9-6-10-15-19)17-18-12-7-5-8-13-18/h2-16H,1,17H2,(H,22,23)/b4-3+,16-11+. The minimum atomic E-state index is -1.10. The van der Waals surface area contributed by atoms with Crippen LogP contribution in [0, 0.1) is 0 Å². The van der Waals surface area contributed by atoms with E-state index in [-0.39, 0.29) is 0 Å². The first-order chi connectivity index (χ1) is 11.2. The van der Waals surface area contributed by atoms with E-state index in [2.05, 4.69) is 6.58 Å². The van der Waals surface area contributed by atoms with Crippen LogP contribution in [0.4, 0.5) is 0 Å². The molecular weight excluding hydrogens is 284 g/mol. The summed E-state index contributed by atoms with van der Waals surface area (Å²) in [6, 6.07) is 19.0. The van der Waals surface area contributed by atoms with Gasteiger partial charge in [0.1, 0.15) is 5.41 Å². The van der Waals surface area contributed by atoms with E-state index in [1.807, 2.05) is 60.7 Å². The summed E-state index contributed by atoms with van der Waals surface area (Å²) in [5.74, 6) is -0.865. The molecule has 0 radical (unpaired) electrons. The molecule has 0 saturated heterocycles. The van der Waals surface area contributed by atoms with Gasteiger partial charge in [0.05, 0.1) is 0 Å². The molecule has 0 spiro atoms. The highest BCUT2D eigenvalue weighted by Crippen LogP contribution is 2.31. The summed E-state index contributed by atoms with van der Waals surface area (Å²) in [6.07, 6.45) is 9.14. The van der Waals surface area contributed by atoms with Crippen molar-refractivity contribution >= 4 is 5.97 Å². The first kappa shape index (κ1) is 16.5. The van der Waals surface area contributed by atoms with Gasteiger partial charge in [-0.15, -0.1) is 0 Å². The van der Waals surface area contributed by atoms with E-state index in [1.54, 1.807) is 30.4 Å². The van der Waals surface area contributed by atoms with Crippen LogP contribution in [0.2, 0.25) is 0 Å². The summed E-state index contributed by atoms with van der Waals surface area (Å²) in [4.78, 5) is 12.2. The number of carboxylic acid groups (broad SMARTS) is 1. The number of aliphatic carboxylic acids is 1. The Morgan fingerprint density at radius 3 is 2.13 bits per heavy atom. The maximum atomic E-state index is 12.2. The van der Waals surface area contributed by atoms with Gasteiger partial charge in [0.15, 0.2) is 0 Å². The zero-order chi connectivity index (χ0) is 16.5. The van der Waals surface area contributed by atoms with Crippen LogP contribution in [0.1, 0.15) is 11.1 Å². The van der Waals surface area contributed by atoms with Crippen LogP contribution in [0.15, 0.2) is 97.6 Å². The second-order valence-corrected chi connectivity index (χ2v) is 5.28. The minimum Gasteiger partial charge on any atom is -0.480 e. The van der Waals surface area contributed by atoms with Crippen LogP contribution in [0.25, 0.3) is 0 Å². The Morgan fingerprint density at radius 1 is 0.957 bits per heavy atom. The van der Waals surface area contributed by atoms with Crippen molar-refractivity contribution in [3.05, 3.63) is 109 Å². The lowest BCUT2D eigenvalue weighted by atomic mass is 9.75. The zero-order valence-electron chi connectivity index (χ0n) is 12.9. The van der Waals surface area contributed by atoms with Crippen molar-refractivity contribution in [2.45, 2.75) is 11.8 Å². The highest BCUT2D eigenvalue weighted by Gasteiger charge is 2.37. The van der Waals surface area contributed by atoms with Crippen LogP contribution in [0.5, 0.6) is 0 Å². The zero-order valence-corrected chi connectivity index (χ0v) is 12.9. The van der Waals surface area contributed by atoms with Crippen molar-refractivity contribution in [3.8, 4) is 0 Å². The second kappa shape index (κ2) is 7.95. The van der Waals surface area contributed by atoms with Gasteiger partial charge in [-0.3, -0.25) is 4.79 Å². The molecule has 1 unspecified atom stereocenters. The predicted octanol–water partition coefficient (Wildman–Crippen LogP) is 4.55. The van der Waals surface area contributed by atoms with Gasteiger partial charge < -0.3 is 5.11 Å². The van der Waals surface area contributed by atoms with E-state index in [4.69, 9.17) is 0 Å². The van der Waals surface area contributed by atoms with Gasteiger partial charge in [-0.25, -0.2) is 0 Å². The summed E-state index contributed by atoms with van der Waals surface area (Å²) < 4.78 is 0. The number of benzene rings is 2. The molecule has 1 N–H and O–H groups in total. The van der Waals surface area contributed by atoms with Gasteiger partial charge in [0.2, 0.25) is 0 Å². The van der Waals surface area contributed by atoms with Gasteiger partial charge in [0, 0.05) is 0 Å². The minimum absolute atomic E-state index is 0.394. The van der Waals surface area contributed by atoms with E-state index in [1.165, 1.54) is 0 Å². The fourth-order valence-electron chi connectivity index (χ4n) is 2.54. The van der Waals surface area contributed by atoms with E-state index in [9.17, 15) is 9.90 Å². The molecule has 0 heterocycles. The van der Waals surface area contributed by atoms with Crippen molar-refractivity contribution in [2.75, 3.05) is 0 Å². The fourth-order valence-corrected chi connectivity index (χ4v) is 2.54. The Kier molecular flexibility index (Phi) is 5.70. The van der Waals surface area contributed by atoms with Crippen LogP contribution in [-0.4, -0.2) is 11.1 Å². The molecule has 0 aliphatic heterocycles. The van der Waals surface area contributed by atoms with Gasteiger partial charge in [-0.1, -0.05) is 97.6 Å². The number of carbonyl (C=O) groups is 1. The maximum Gasteiger partial charge on any atom is 0.318 e. The number of allylic oxidation sites excluding steroid dienone is 4. The van der Waals surface area contributed by atoms with Gasteiger partial charge in [0.25, 0.3) is 0 Å². The largest absolute Gasteiger partial charge is 0.480 e. The average molecular weight is 304 g/mol.